The quantitative estimate of drug-likeness (QED) is 0.891. The van der Waals surface area contributed by atoms with Crippen LogP contribution in [0, 0.1) is 5.92 Å². The number of carbonyl (C=O) groups excluding carboxylic acids is 1. The Labute approximate surface area is 144 Å². The molecule has 1 saturated heterocycles. The number of H-pyrrole nitrogens is 1. The summed E-state index contributed by atoms with van der Waals surface area (Å²) in [5.74, 6) is 0.518. The fraction of sp³-hybridized carbons (Fsp3) is 0.353. The van der Waals surface area contributed by atoms with Gasteiger partial charge >= 0.3 is 0 Å². The maximum atomic E-state index is 12.4. The van der Waals surface area contributed by atoms with E-state index in [4.69, 9.17) is 11.6 Å². The van der Waals surface area contributed by atoms with Crippen molar-refractivity contribution in [2.45, 2.75) is 12.8 Å². The number of hydrogen-bond acceptors (Lipinski definition) is 4. The molecule has 1 aromatic carbocycles. The van der Waals surface area contributed by atoms with Crippen molar-refractivity contribution in [3.8, 4) is 0 Å². The number of aromatic amines is 1. The Kier molecular flexibility index (Phi) is 5.15. The summed E-state index contributed by atoms with van der Waals surface area (Å²) in [4.78, 5) is 25.7. The van der Waals surface area contributed by atoms with Crippen LogP contribution in [-0.2, 0) is 0 Å². The van der Waals surface area contributed by atoms with Crippen molar-refractivity contribution >= 4 is 23.2 Å². The first-order valence-electron chi connectivity index (χ1n) is 7.96. The molecule has 1 aliphatic rings. The second-order valence-corrected chi connectivity index (χ2v) is 6.29. The van der Waals surface area contributed by atoms with Gasteiger partial charge in [-0.25, -0.2) is 5.10 Å². The Morgan fingerprint density at radius 1 is 1.29 bits per heavy atom. The molecule has 2 heterocycles. The average Bonchev–Trinajstić information content (AvgIpc) is 2.63. The summed E-state index contributed by atoms with van der Waals surface area (Å²) in [6.07, 6.45) is 3.34. The topological polar surface area (TPSA) is 78.1 Å². The van der Waals surface area contributed by atoms with Gasteiger partial charge in [0.25, 0.3) is 11.5 Å². The minimum atomic E-state index is -0.398. The van der Waals surface area contributed by atoms with E-state index in [-0.39, 0.29) is 10.9 Å². The minimum Gasteiger partial charge on any atom is -0.382 e. The van der Waals surface area contributed by atoms with Crippen molar-refractivity contribution in [2.75, 3.05) is 25.0 Å². The van der Waals surface area contributed by atoms with Crippen LogP contribution in [0.3, 0.4) is 0 Å². The van der Waals surface area contributed by atoms with Crippen molar-refractivity contribution in [2.24, 2.45) is 5.92 Å². The zero-order chi connectivity index (χ0) is 16.9. The lowest BCUT2D eigenvalue weighted by Gasteiger charge is -2.32. The molecule has 0 bridgehead atoms. The number of likely N-dealkylation sites (tertiary alicyclic amines) is 1. The number of piperidine rings is 1. The third-order valence-corrected chi connectivity index (χ3v) is 4.67. The van der Waals surface area contributed by atoms with Gasteiger partial charge in [-0.2, -0.15) is 5.10 Å². The molecule has 2 N–H and O–H groups in total. The van der Waals surface area contributed by atoms with Gasteiger partial charge in [0.2, 0.25) is 0 Å². The number of aromatic nitrogens is 2. The van der Waals surface area contributed by atoms with E-state index in [0.29, 0.717) is 18.2 Å². The van der Waals surface area contributed by atoms with Crippen LogP contribution in [0.1, 0.15) is 23.2 Å². The second-order valence-electron chi connectivity index (χ2n) is 5.91. The monoisotopic (exact) mass is 346 g/mol. The molecule has 0 atom stereocenters. The van der Waals surface area contributed by atoms with Crippen molar-refractivity contribution in [3.05, 3.63) is 57.5 Å². The molecular formula is C17H19ClN4O2. The molecule has 0 radical (unpaired) electrons. The Morgan fingerprint density at radius 2 is 2.00 bits per heavy atom. The fourth-order valence-electron chi connectivity index (χ4n) is 2.86. The lowest BCUT2D eigenvalue weighted by atomic mass is 9.96. The second kappa shape index (κ2) is 7.49. The maximum absolute atomic E-state index is 12.4. The Hall–Kier alpha value is -2.34. The lowest BCUT2D eigenvalue weighted by molar-refractivity contribution is 0.0695. The fourth-order valence-corrected chi connectivity index (χ4v) is 3.02. The SMILES string of the molecule is O=C(c1ccccc1)N1CCC(CNc2cn[nH]c(=O)c2Cl)CC1. The summed E-state index contributed by atoms with van der Waals surface area (Å²) in [5.41, 5.74) is 0.878. The molecule has 2 aromatic rings. The van der Waals surface area contributed by atoms with Crippen molar-refractivity contribution in [1.82, 2.24) is 15.1 Å². The van der Waals surface area contributed by atoms with Crippen LogP contribution in [0.5, 0.6) is 0 Å². The maximum Gasteiger partial charge on any atom is 0.285 e. The number of carbonyl (C=O) groups is 1. The van der Waals surface area contributed by atoms with Crippen LogP contribution in [0.25, 0.3) is 0 Å². The summed E-state index contributed by atoms with van der Waals surface area (Å²) in [5, 5.41) is 9.34. The molecule has 6 nitrogen and oxygen atoms in total. The lowest BCUT2D eigenvalue weighted by Crippen LogP contribution is -2.39. The van der Waals surface area contributed by atoms with Crippen LogP contribution < -0.4 is 10.9 Å². The number of amides is 1. The number of nitrogens with zero attached hydrogens (tertiary/aromatic N) is 2. The Bertz CT molecular complexity index is 755. The molecule has 0 aliphatic carbocycles. The third-order valence-electron chi connectivity index (χ3n) is 4.30. The van der Waals surface area contributed by atoms with Crippen molar-refractivity contribution in [1.29, 1.82) is 0 Å². The molecule has 7 heteroatoms. The Balaban J connectivity index is 1.51. The molecule has 0 saturated carbocycles. The van der Waals surface area contributed by atoms with E-state index in [9.17, 15) is 9.59 Å². The third kappa shape index (κ3) is 3.76. The van der Waals surface area contributed by atoms with Crippen LogP contribution in [0.4, 0.5) is 5.69 Å². The van der Waals surface area contributed by atoms with E-state index in [1.165, 1.54) is 6.20 Å². The zero-order valence-electron chi connectivity index (χ0n) is 13.2. The standard InChI is InChI=1S/C17H19ClN4O2/c18-15-14(11-20-21-16(15)23)19-10-12-6-8-22(9-7-12)17(24)13-4-2-1-3-5-13/h1-5,11-12H,6-10H2,(H2,19,21,23). The number of nitrogens with one attached hydrogen (secondary N) is 2. The highest BCUT2D eigenvalue weighted by molar-refractivity contribution is 6.32. The van der Waals surface area contributed by atoms with Gasteiger partial charge in [-0.1, -0.05) is 29.8 Å². The molecule has 1 aliphatic heterocycles. The van der Waals surface area contributed by atoms with Gasteiger partial charge in [0.15, 0.2) is 0 Å². The van der Waals surface area contributed by atoms with E-state index in [1.54, 1.807) is 0 Å². The van der Waals surface area contributed by atoms with Crippen LogP contribution >= 0.6 is 11.6 Å². The predicted molar refractivity (Wildman–Crippen MR) is 93.4 cm³/mol. The molecule has 126 valence electrons. The summed E-state index contributed by atoms with van der Waals surface area (Å²) in [7, 11) is 0. The minimum absolute atomic E-state index is 0.0869. The van der Waals surface area contributed by atoms with Gasteiger partial charge in [0, 0.05) is 25.2 Å². The van der Waals surface area contributed by atoms with Crippen LogP contribution in [-0.4, -0.2) is 40.6 Å². The van der Waals surface area contributed by atoms with Crippen LogP contribution in [0.2, 0.25) is 5.02 Å². The number of halogens is 1. The van der Waals surface area contributed by atoms with Crippen molar-refractivity contribution < 1.29 is 4.79 Å². The summed E-state index contributed by atoms with van der Waals surface area (Å²) >= 11 is 5.94. The first-order valence-corrected chi connectivity index (χ1v) is 8.34. The molecule has 24 heavy (non-hydrogen) atoms. The summed E-state index contributed by atoms with van der Waals surface area (Å²) in [6.45, 7) is 2.18. The zero-order valence-corrected chi connectivity index (χ0v) is 13.9. The van der Waals surface area contributed by atoms with E-state index in [0.717, 1.165) is 31.5 Å². The first kappa shape index (κ1) is 16.5. The van der Waals surface area contributed by atoms with E-state index < -0.39 is 5.56 Å². The number of rotatable bonds is 4. The molecule has 1 amide bonds. The molecule has 0 unspecified atom stereocenters. The number of anilines is 1. The first-order chi connectivity index (χ1) is 11.6. The molecular weight excluding hydrogens is 328 g/mol. The highest BCUT2D eigenvalue weighted by atomic mass is 35.5. The number of benzene rings is 1. The van der Waals surface area contributed by atoms with E-state index >= 15 is 0 Å². The van der Waals surface area contributed by atoms with E-state index in [2.05, 4.69) is 15.5 Å². The van der Waals surface area contributed by atoms with Gasteiger partial charge in [-0.15, -0.1) is 0 Å². The van der Waals surface area contributed by atoms with Crippen LogP contribution in [0.15, 0.2) is 41.3 Å². The highest BCUT2D eigenvalue weighted by Gasteiger charge is 2.23. The highest BCUT2D eigenvalue weighted by Crippen LogP contribution is 2.21. The molecule has 3 rings (SSSR count). The summed E-state index contributed by atoms with van der Waals surface area (Å²) < 4.78 is 0. The van der Waals surface area contributed by atoms with Gasteiger partial charge < -0.3 is 10.2 Å². The summed E-state index contributed by atoms with van der Waals surface area (Å²) in [6, 6.07) is 9.35. The van der Waals surface area contributed by atoms with Gasteiger partial charge in [0.05, 0.1) is 11.9 Å². The molecule has 0 spiro atoms. The predicted octanol–water partition coefficient (Wildman–Crippen LogP) is 2.39. The van der Waals surface area contributed by atoms with Gasteiger partial charge in [-0.05, 0) is 30.9 Å². The largest absolute Gasteiger partial charge is 0.382 e. The van der Waals surface area contributed by atoms with Crippen molar-refractivity contribution in [3.63, 3.8) is 0 Å². The number of hydrogen-bond donors (Lipinski definition) is 2. The normalized spacial score (nSPS) is 15.3. The molecule has 1 aromatic heterocycles. The van der Waals surface area contributed by atoms with Gasteiger partial charge in [0.1, 0.15) is 5.02 Å². The smallest absolute Gasteiger partial charge is 0.285 e. The molecule has 1 fully saturated rings. The van der Waals surface area contributed by atoms with Gasteiger partial charge in [-0.3, -0.25) is 9.59 Å². The average molecular weight is 347 g/mol. The Morgan fingerprint density at radius 3 is 2.71 bits per heavy atom. The van der Waals surface area contributed by atoms with E-state index in [1.807, 2.05) is 35.2 Å².